The number of halogens is 1. The van der Waals surface area contributed by atoms with Crippen LogP contribution in [-0.2, 0) is 0 Å². The van der Waals surface area contributed by atoms with Gasteiger partial charge < -0.3 is 0 Å². The van der Waals surface area contributed by atoms with E-state index >= 15 is 0 Å². The summed E-state index contributed by atoms with van der Waals surface area (Å²) in [6.07, 6.45) is 8.05. The second-order valence-electron chi connectivity index (χ2n) is 3.31. The molecule has 70 valence electrons. The summed E-state index contributed by atoms with van der Waals surface area (Å²) in [5.41, 5.74) is 0.804. The van der Waals surface area contributed by atoms with Crippen LogP contribution in [-0.4, -0.2) is 6.67 Å². The van der Waals surface area contributed by atoms with Gasteiger partial charge in [-0.15, -0.1) is 0 Å². The fourth-order valence-corrected chi connectivity index (χ4v) is 0.974. The summed E-state index contributed by atoms with van der Waals surface area (Å²) < 4.78 is 12.3. The van der Waals surface area contributed by atoms with Crippen LogP contribution in [0.2, 0.25) is 0 Å². The van der Waals surface area contributed by atoms with Crippen LogP contribution in [0, 0.1) is 5.92 Å². The van der Waals surface area contributed by atoms with Crippen LogP contribution in [0.1, 0.15) is 33.6 Å². The van der Waals surface area contributed by atoms with Gasteiger partial charge in [-0.1, -0.05) is 45.4 Å². The van der Waals surface area contributed by atoms with E-state index in [1.54, 1.807) is 0 Å². The molecule has 0 aliphatic carbocycles. The third-order valence-electron chi connectivity index (χ3n) is 1.49. The normalized spacial score (nSPS) is 13.2. The van der Waals surface area contributed by atoms with Crippen molar-refractivity contribution in [3.05, 3.63) is 23.8 Å². The second-order valence-corrected chi connectivity index (χ2v) is 3.31. The van der Waals surface area contributed by atoms with Crippen molar-refractivity contribution in [2.45, 2.75) is 33.6 Å². The molecule has 0 aliphatic rings. The van der Waals surface area contributed by atoms with Gasteiger partial charge in [-0.2, -0.15) is 0 Å². The van der Waals surface area contributed by atoms with Crippen molar-refractivity contribution in [1.29, 1.82) is 0 Å². The van der Waals surface area contributed by atoms with E-state index in [1.165, 1.54) is 0 Å². The molecule has 0 N–H and O–H groups in total. The Labute approximate surface area is 75.2 Å². The van der Waals surface area contributed by atoms with Crippen molar-refractivity contribution in [2.24, 2.45) is 5.92 Å². The molecular weight excluding hydrogens is 151 g/mol. The van der Waals surface area contributed by atoms with Crippen LogP contribution in [0.3, 0.4) is 0 Å². The summed E-state index contributed by atoms with van der Waals surface area (Å²) in [7, 11) is 0. The first-order valence-electron chi connectivity index (χ1n) is 4.63. The lowest BCUT2D eigenvalue weighted by molar-refractivity contribution is 0.546. The first-order chi connectivity index (χ1) is 5.70. The molecule has 0 atom stereocenters. The van der Waals surface area contributed by atoms with Crippen LogP contribution < -0.4 is 0 Å². The minimum Gasteiger partial charge on any atom is -0.246 e. The van der Waals surface area contributed by atoms with Gasteiger partial charge in [0.25, 0.3) is 0 Å². The SMILES string of the molecule is CCC/C=C\C(=C\C(C)C)CF. The van der Waals surface area contributed by atoms with E-state index < -0.39 is 0 Å². The van der Waals surface area contributed by atoms with Crippen molar-refractivity contribution < 1.29 is 4.39 Å². The Morgan fingerprint density at radius 2 is 2.08 bits per heavy atom. The number of allylic oxidation sites excluding steroid dienone is 4. The van der Waals surface area contributed by atoms with Gasteiger partial charge in [-0.05, 0) is 17.9 Å². The van der Waals surface area contributed by atoms with E-state index in [9.17, 15) is 4.39 Å². The molecule has 0 radical (unpaired) electrons. The molecule has 0 rings (SSSR count). The monoisotopic (exact) mass is 170 g/mol. The Bertz CT molecular complexity index is 154. The lowest BCUT2D eigenvalue weighted by atomic mass is 10.1. The Morgan fingerprint density at radius 1 is 1.42 bits per heavy atom. The second kappa shape index (κ2) is 7.08. The standard InChI is InChI=1S/C11H19F/c1-4-5-6-7-11(9-12)8-10(2)3/h6-8,10H,4-5,9H2,1-3H3/b7-6-,11-8-. The maximum Gasteiger partial charge on any atom is 0.114 e. The van der Waals surface area contributed by atoms with E-state index in [4.69, 9.17) is 0 Å². The van der Waals surface area contributed by atoms with E-state index in [2.05, 4.69) is 20.8 Å². The highest BCUT2D eigenvalue weighted by molar-refractivity contribution is 5.19. The zero-order chi connectivity index (χ0) is 9.40. The highest BCUT2D eigenvalue weighted by atomic mass is 19.1. The molecule has 0 aliphatic heterocycles. The molecule has 0 spiro atoms. The fourth-order valence-electron chi connectivity index (χ4n) is 0.974. The predicted octanol–water partition coefficient (Wildman–Crippen LogP) is 3.89. The number of unbranched alkanes of at least 4 members (excludes halogenated alkanes) is 1. The maximum absolute atomic E-state index is 12.3. The van der Waals surface area contributed by atoms with Gasteiger partial charge in [0.1, 0.15) is 6.67 Å². The molecule has 0 aromatic heterocycles. The van der Waals surface area contributed by atoms with Gasteiger partial charge in [0, 0.05) is 0 Å². The first kappa shape index (κ1) is 11.4. The molecule has 0 heterocycles. The highest BCUT2D eigenvalue weighted by Gasteiger charge is 1.92. The summed E-state index contributed by atoms with van der Waals surface area (Å²) in [5, 5.41) is 0. The highest BCUT2D eigenvalue weighted by Crippen LogP contribution is 2.05. The average Bonchev–Trinajstić information content (AvgIpc) is 2.02. The summed E-state index contributed by atoms with van der Waals surface area (Å²) in [5.74, 6) is 0.432. The smallest absolute Gasteiger partial charge is 0.114 e. The van der Waals surface area contributed by atoms with Gasteiger partial charge in [0.05, 0.1) is 0 Å². The number of alkyl halides is 1. The minimum atomic E-state index is -0.349. The van der Waals surface area contributed by atoms with Crippen molar-refractivity contribution in [3.8, 4) is 0 Å². The maximum atomic E-state index is 12.3. The molecule has 12 heavy (non-hydrogen) atoms. The molecule has 0 aromatic rings. The van der Waals surface area contributed by atoms with Crippen LogP contribution in [0.4, 0.5) is 4.39 Å². The van der Waals surface area contributed by atoms with Crippen molar-refractivity contribution in [3.63, 3.8) is 0 Å². The zero-order valence-electron chi connectivity index (χ0n) is 8.31. The molecule has 0 bridgehead atoms. The molecule has 0 aromatic carbocycles. The molecule has 0 saturated carbocycles. The van der Waals surface area contributed by atoms with E-state index in [0.717, 1.165) is 18.4 Å². The van der Waals surface area contributed by atoms with Crippen molar-refractivity contribution >= 4 is 0 Å². The largest absolute Gasteiger partial charge is 0.246 e. The van der Waals surface area contributed by atoms with Crippen LogP contribution in [0.15, 0.2) is 23.8 Å². The van der Waals surface area contributed by atoms with Crippen molar-refractivity contribution in [1.82, 2.24) is 0 Å². The Morgan fingerprint density at radius 3 is 2.50 bits per heavy atom. The summed E-state index contributed by atoms with van der Waals surface area (Å²) in [4.78, 5) is 0. The summed E-state index contributed by atoms with van der Waals surface area (Å²) >= 11 is 0. The van der Waals surface area contributed by atoms with Gasteiger partial charge >= 0.3 is 0 Å². The molecule has 0 nitrogen and oxygen atoms in total. The molecule has 1 heteroatoms. The third-order valence-corrected chi connectivity index (χ3v) is 1.49. The molecule has 0 amide bonds. The Hall–Kier alpha value is -0.590. The van der Waals surface area contributed by atoms with E-state index in [1.807, 2.05) is 18.2 Å². The number of hydrogen-bond acceptors (Lipinski definition) is 0. The topological polar surface area (TPSA) is 0 Å². The van der Waals surface area contributed by atoms with Crippen LogP contribution in [0.5, 0.6) is 0 Å². The summed E-state index contributed by atoms with van der Waals surface area (Å²) in [6, 6.07) is 0. The van der Waals surface area contributed by atoms with Crippen LogP contribution in [0.25, 0.3) is 0 Å². The van der Waals surface area contributed by atoms with Gasteiger partial charge in [-0.25, -0.2) is 4.39 Å². The van der Waals surface area contributed by atoms with Gasteiger partial charge in [0.2, 0.25) is 0 Å². The molecule has 0 fully saturated rings. The van der Waals surface area contributed by atoms with Gasteiger partial charge in [0.15, 0.2) is 0 Å². The lowest BCUT2D eigenvalue weighted by Crippen LogP contribution is -1.86. The van der Waals surface area contributed by atoms with Crippen LogP contribution >= 0.6 is 0 Å². The minimum absolute atomic E-state index is 0.349. The van der Waals surface area contributed by atoms with E-state index in [-0.39, 0.29) is 6.67 Å². The van der Waals surface area contributed by atoms with Gasteiger partial charge in [-0.3, -0.25) is 0 Å². The Kier molecular flexibility index (Phi) is 6.73. The first-order valence-corrected chi connectivity index (χ1v) is 4.63. The third kappa shape index (κ3) is 6.14. The Balaban J connectivity index is 3.98. The zero-order valence-corrected chi connectivity index (χ0v) is 8.31. The van der Waals surface area contributed by atoms with E-state index in [0.29, 0.717) is 5.92 Å². The summed E-state index contributed by atoms with van der Waals surface area (Å²) in [6.45, 7) is 5.89. The molecule has 0 unspecified atom stereocenters. The fraction of sp³-hybridized carbons (Fsp3) is 0.636. The predicted molar refractivity (Wildman–Crippen MR) is 52.9 cm³/mol. The lowest BCUT2D eigenvalue weighted by Gasteiger charge is -1.98. The molecular formula is C11H19F. The molecule has 0 saturated heterocycles. The number of rotatable bonds is 5. The van der Waals surface area contributed by atoms with Crippen molar-refractivity contribution in [2.75, 3.05) is 6.67 Å². The average molecular weight is 170 g/mol. The number of hydrogen-bond donors (Lipinski definition) is 0. The quantitative estimate of drug-likeness (QED) is 0.549.